The molecule has 6 nitrogen and oxygen atoms in total. The van der Waals surface area contributed by atoms with Gasteiger partial charge >= 0.3 is 0 Å². The van der Waals surface area contributed by atoms with E-state index in [0.29, 0.717) is 11.8 Å². The van der Waals surface area contributed by atoms with Gasteiger partial charge in [-0.15, -0.1) is 0 Å². The average molecular weight is 915 g/mol. The smallest absolute Gasteiger partial charge is 0.227 e. The maximum atomic E-state index is 6.17. The number of oxazole rings is 2. The van der Waals surface area contributed by atoms with Crippen molar-refractivity contribution in [1.29, 1.82) is 0 Å². The third-order valence-electron chi connectivity index (χ3n) is 13.9. The van der Waals surface area contributed by atoms with E-state index in [0.717, 1.165) is 89.7 Å². The van der Waals surface area contributed by atoms with Gasteiger partial charge in [-0.3, -0.25) is 0 Å². The van der Waals surface area contributed by atoms with Crippen LogP contribution in [0.2, 0.25) is 0 Å². The number of rotatable bonds is 10. The largest absolute Gasteiger partial charge is 0.436 e. The van der Waals surface area contributed by atoms with Crippen LogP contribution in [0.5, 0.6) is 0 Å². The van der Waals surface area contributed by atoms with Gasteiger partial charge in [-0.05, 0) is 166 Å². The Kier molecular flexibility index (Phi) is 10.1. The second kappa shape index (κ2) is 17.1. The van der Waals surface area contributed by atoms with E-state index in [4.69, 9.17) is 18.8 Å². The fourth-order valence-electron chi connectivity index (χ4n) is 10.3. The van der Waals surface area contributed by atoms with Crippen LogP contribution in [0, 0.1) is 0 Å². The van der Waals surface area contributed by atoms with E-state index in [1.807, 2.05) is 48.5 Å². The molecular weight excluding hydrogens is 869 g/mol. The molecule has 0 unspecified atom stereocenters. The summed E-state index contributed by atoms with van der Waals surface area (Å²) < 4.78 is 12.3. The zero-order chi connectivity index (χ0) is 47.5. The van der Waals surface area contributed by atoms with Gasteiger partial charge in [0.2, 0.25) is 11.8 Å². The number of hydrogen-bond acceptors (Lipinski definition) is 6. The molecule has 0 bridgehead atoms. The van der Waals surface area contributed by atoms with Crippen LogP contribution >= 0.6 is 0 Å². The summed E-state index contributed by atoms with van der Waals surface area (Å²) in [7, 11) is 0. The molecule has 0 spiro atoms. The highest BCUT2D eigenvalue weighted by atomic mass is 16.4. The lowest BCUT2D eigenvalue weighted by Crippen LogP contribution is -2.17. The van der Waals surface area contributed by atoms with Gasteiger partial charge in [-0.2, -0.15) is 0 Å². The third kappa shape index (κ3) is 7.54. The minimum Gasteiger partial charge on any atom is -0.436 e. The van der Waals surface area contributed by atoms with Gasteiger partial charge in [0.25, 0.3) is 0 Å². The molecule has 6 heteroatoms. The zero-order valence-electron chi connectivity index (χ0n) is 39.2. The number of anilines is 6. The van der Waals surface area contributed by atoms with Crippen molar-refractivity contribution in [2.75, 3.05) is 9.80 Å². The molecule has 0 radical (unpaired) electrons. The van der Waals surface area contributed by atoms with E-state index in [2.05, 4.69) is 218 Å². The second-order valence-corrected chi connectivity index (χ2v) is 18.7. The van der Waals surface area contributed by atoms with Crippen molar-refractivity contribution in [3.63, 3.8) is 0 Å². The molecule has 0 atom stereocenters. The minimum absolute atomic E-state index is 0.304. The maximum absolute atomic E-state index is 6.17. The first-order valence-electron chi connectivity index (χ1n) is 24.0. The van der Waals surface area contributed by atoms with Gasteiger partial charge in [-0.1, -0.05) is 135 Å². The number of nitrogens with zero attached hydrogens (tertiary/aromatic N) is 4. The van der Waals surface area contributed by atoms with Gasteiger partial charge in [0, 0.05) is 50.7 Å². The second-order valence-electron chi connectivity index (χ2n) is 18.7. The SMILES string of the molecule is CC1(C)c2cc(N(c3ccccc3)c3cccc(-c4cccc(-c5nc6ccccc6o5)c4)c3)ccc2-c2ccc(N(c3ccccc3)c3cccc(-c4cccc(-c5nc6ccccc6o5)c4)c3)cc21. The van der Waals surface area contributed by atoms with E-state index >= 15 is 0 Å². The fourth-order valence-corrected chi connectivity index (χ4v) is 10.3. The molecular formula is C65H46N4O2. The highest BCUT2D eigenvalue weighted by Crippen LogP contribution is 2.53. The Labute approximate surface area is 412 Å². The Morgan fingerprint density at radius 3 is 1.10 bits per heavy atom. The number of fused-ring (bicyclic) bond motifs is 5. The topological polar surface area (TPSA) is 58.5 Å². The first-order chi connectivity index (χ1) is 34.9. The Hall–Kier alpha value is -9.26. The number of para-hydroxylation sites is 6. The van der Waals surface area contributed by atoms with Crippen LogP contribution in [0.3, 0.4) is 0 Å². The van der Waals surface area contributed by atoms with Crippen molar-refractivity contribution in [2.24, 2.45) is 0 Å². The molecule has 0 aliphatic heterocycles. The van der Waals surface area contributed by atoms with Gasteiger partial charge in [-0.25, -0.2) is 9.97 Å². The van der Waals surface area contributed by atoms with Crippen molar-refractivity contribution < 1.29 is 8.83 Å². The summed E-state index contributed by atoms with van der Waals surface area (Å²) in [6.45, 7) is 4.72. The summed E-state index contributed by atoms with van der Waals surface area (Å²) in [5, 5.41) is 0. The maximum Gasteiger partial charge on any atom is 0.227 e. The van der Waals surface area contributed by atoms with Gasteiger partial charge in [0.05, 0.1) is 0 Å². The van der Waals surface area contributed by atoms with E-state index in [9.17, 15) is 0 Å². The summed E-state index contributed by atoms with van der Waals surface area (Å²) in [5.74, 6) is 1.23. The normalized spacial score (nSPS) is 12.5. The van der Waals surface area contributed by atoms with Crippen LogP contribution in [0.15, 0.2) is 251 Å². The molecule has 71 heavy (non-hydrogen) atoms. The summed E-state index contributed by atoms with van der Waals surface area (Å²) in [6.07, 6.45) is 0. The van der Waals surface area contributed by atoms with Crippen LogP contribution in [-0.2, 0) is 5.41 Å². The summed E-state index contributed by atoms with van der Waals surface area (Å²) >= 11 is 0. The van der Waals surface area contributed by atoms with Gasteiger partial charge < -0.3 is 18.6 Å². The first kappa shape index (κ1) is 41.9. The van der Waals surface area contributed by atoms with E-state index in [-0.39, 0.29) is 5.41 Å². The predicted octanol–water partition coefficient (Wildman–Crippen LogP) is 17.9. The molecule has 0 fully saturated rings. The molecule has 0 saturated heterocycles. The number of hydrogen-bond donors (Lipinski definition) is 0. The Morgan fingerprint density at radius 2 is 0.662 bits per heavy atom. The lowest BCUT2D eigenvalue weighted by atomic mass is 9.82. The van der Waals surface area contributed by atoms with Crippen molar-refractivity contribution in [3.8, 4) is 56.3 Å². The average Bonchev–Trinajstić information content (AvgIpc) is 4.13. The highest BCUT2D eigenvalue weighted by Gasteiger charge is 2.37. The Morgan fingerprint density at radius 1 is 0.310 bits per heavy atom. The van der Waals surface area contributed by atoms with Gasteiger partial charge in [0.15, 0.2) is 11.2 Å². The molecule has 0 amide bonds. The molecule has 12 aromatic rings. The van der Waals surface area contributed by atoms with E-state index in [1.54, 1.807) is 0 Å². The van der Waals surface area contributed by atoms with Crippen LogP contribution in [0.1, 0.15) is 25.0 Å². The number of aromatic nitrogens is 2. The van der Waals surface area contributed by atoms with Crippen LogP contribution in [0.4, 0.5) is 34.1 Å². The Bertz CT molecular complexity index is 3620. The molecule has 338 valence electrons. The lowest BCUT2D eigenvalue weighted by Gasteiger charge is -2.29. The molecule has 0 N–H and O–H groups in total. The summed E-state index contributed by atoms with van der Waals surface area (Å²) in [6, 6.07) is 85.5. The van der Waals surface area contributed by atoms with Gasteiger partial charge in [0.1, 0.15) is 11.0 Å². The quantitative estimate of drug-likeness (QED) is 0.136. The summed E-state index contributed by atoms with van der Waals surface area (Å²) in [4.78, 5) is 14.3. The first-order valence-corrected chi connectivity index (χ1v) is 24.0. The Balaban J connectivity index is 0.850. The lowest BCUT2D eigenvalue weighted by molar-refractivity contribution is 0.619. The summed E-state index contributed by atoms with van der Waals surface area (Å²) in [5.41, 5.74) is 20.8. The van der Waals surface area contributed by atoms with Crippen molar-refractivity contribution >= 4 is 56.3 Å². The molecule has 0 saturated carbocycles. The predicted molar refractivity (Wildman–Crippen MR) is 290 cm³/mol. The van der Waals surface area contributed by atoms with Crippen molar-refractivity contribution in [3.05, 3.63) is 254 Å². The third-order valence-corrected chi connectivity index (χ3v) is 13.9. The number of benzene rings is 10. The molecule has 10 aromatic carbocycles. The minimum atomic E-state index is -0.304. The van der Waals surface area contributed by atoms with Crippen LogP contribution < -0.4 is 9.80 Å². The standard InChI is InChI=1S/C65H46N4O2/c1-65(2)57-41-53(68(49-23-5-3-6-24-49)51-27-15-19-45(39-51)43-17-13-21-47(37-43)63-66-59-29-9-11-31-61(59)70-63)33-35-55(57)56-36-34-54(42-58(56)65)69(50-25-7-4-8-26-50)52-28-16-20-46(40-52)44-18-14-22-48(38-44)64-67-60-30-10-12-32-62(60)71-64/h3-42H,1-2H3. The van der Waals surface area contributed by atoms with Crippen molar-refractivity contribution in [1.82, 2.24) is 9.97 Å². The molecule has 13 rings (SSSR count). The molecule has 2 heterocycles. The monoisotopic (exact) mass is 914 g/mol. The molecule has 1 aliphatic rings. The van der Waals surface area contributed by atoms with E-state index in [1.165, 1.54) is 22.3 Å². The molecule has 1 aliphatic carbocycles. The fraction of sp³-hybridized carbons (Fsp3) is 0.0462. The molecule has 2 aromatic heterocycles. The van der Waals surface area contributed by atoms with Crippen LogP contribution in [-0.4, -0.2) is 9.97 Å². The zero-order valence-corrected chi connectivity index (χ0v) is 39.2. The highest BCUT2D eigenvalue weighted by molar-refractivity contribution is 5.90. The van der Waals surface area contributed by atoms with Crippen LogP contribution in [0.25, 0.3) is 78.5 Å². The van der Waals surface area contributed by atoms with E-state index < -0.39 is 0 Å². The van der Waals surface area contributed by atoms with Crippen molar-refractivity contribution in [2.45, 2.75) is 19.3 Å².